The minimum Gasteiger partial charge on any atom is -0.489 e. The van der Waals surface area contributed by atoms with Crippen molar-refractivity contribution in [2.24, 2.45) is 10.9 Å². The van der Waals surface area contributed by atoms with Crippen LogP contribution < -0.4 is 15.4 Å². The van der Waals surface area contributed by atoms with Crippen molar-refractivity contribution in [1.82, 2.24) is 15.5 Å². The molecule has 2 unspecified atom stereocenters. The zero-order valence-electron chi connectivity index (χ0n) is 17.3. The van der Waals surface area contributed by atoms with Crippen LogP contribution in [0.5, 0.6) is 5.75 Å². The fourth-order valence-electron chi connectivity index (χ4n) is 3.36. The van der Waals surface area contributed by atoms with Crippen molar-refractivity contribution in [3.63, 3.8) is 0 Å². The van der Waals surface area contributed by atoms with Crippen LogP contribution in [0.1, 0.15) is 39.2 Å². The van der Waals surface area contributed by atoms with Crippen LogP contribution in [-0.2, 0) is 0 Å². The first-order valence-electron chi connectivity index (χ1n) is 10.1. The molecular formula is C21H37IN4O. The van der Waals surface area contributed by atoms with Crippen LogP contribution in [0.25, 0.3) is 0 Å². The van der Waals surface area contributed by atoms with E-state index in [9.17, 15) is 0 Å². The lowest BCUT2D eigenvalue weighted by Gasteiger charge is -2.18. The van der Waals surface area contributed by atoms with E-state index in [1.807, 2.05) is 12.1 Å². The number of ether oxygens (including phenoxy) is 1. The number of likely N-dealkylation sites (tertiary alicyclic amines) is 1. The zero-order chi connectivity index (χ0) is 18.8. The summed E-state index contributed by atoms with van der Waals surface area (Å²) >= 11 is 0. The SMILES string of the molecule is CCCN1CCC(CNC(=NCC(C)Oc2cccc(C)c2)NCC)C1.I. The summed E-state index contributed by atoms with van der Waals surface area (Å²) in [5, 5.41) is 6.85. The molecule has 1 aliphatic rings. The molecule has 0 saturated carbocycles. The molecular weight excluding hydrogens is 451 g/mol. The minimum absolute atomic E-state index is 0. The van der Waals surface area contributed by atoms with Crippen molar-refractivity contribution in [2.75, 3.05) is 39.3 Å². The summed E-state index contributed by atoms with van der Waals surface area (Å²) in [6.07, 6.45) is 2.56. The number of rotatable bonds is 9. The largest absolute Gasteiger partial charge is 0.489 e. The van der Waals surface area contributed by atoms with Crippen LogP contribution in [0, 0.1) is 12.8 Å². The fourth-order valence-corrected chi connectivity index (χ4v) is 3.36. The Hall–Kier alpha value is -1.02. The number of halogens is 1. The van der Waals surface area contributed by atoms with Gasteiger partial charge in [-0.1, -0.05) is 19.1 Å². The smallest absolute Gasteiger partial charge is 0.191 e. The van der Waals surface area contributed by atoms with E-state index in [1.165, 1.54) is 38.0 Å². The van der Waals surface area contributed by atoms with E-state index in [0.29, 0.717) is 12.5 Å². The first kappa shape index (κ1) is 24.0. The Morgan fingerprint density at radius 1 is 1.33 bits per heavy atom. The highest BCUT2D eigenvalue weighted by atomic mass is 127. The molecule has 2 N–H and O–H groups in total. The van der Waals surface area contributed by atoms with Gasteiger partial charge >= 0.3 is 0 Å². The lowest BCUT2D eigenvalue weighted by Crippen LogP contribution is -2.41. The van der Waals surface area contributed by atoms with E-state index < -0.39 is 0 Å². The molecule has 0 bridgehead atoms. The summed E-state index contributed by atoms with van der Waals surface area (Å²) in [6.45, 7) is 14.6. The number of nitrogens with one attached hydrogen (secondary N) is 2. The van der Waals surface area contributed by atoms with Crippen LogP contribution in [-0.4, -0.2) is 56.2 Å². The van der Waals surface area contributed by atoms with Crippen molar-refractivity contribution in [1.29, 1.82) is 0 Å². The minimum atomic E-state index is 0. The van der Waals surface area contributed by atoms with Gasteiger partial charge in [0.25, 0.3) is 0 Å². The number of nitrogens with zero attached hydrogens (tertiary/aromatic N) is 2. The van der Waals surface area contributed by atoms with Gasteiger partial charge in [-0.15, -0.1) is 24.0 Å². The molecule has 27 heavy (non-hydrogen) atoms. The monoisotopic (exact) mass is 488 g/mol. The second-order valence-corrected chi connectivity index (χ2v) is 7.30. The third-order valence-corrected chi connectivity index (χ3v) is 4.65. The lowest BCUT2D eigenvalue weighted by molar-refractivity contribution is 0.230. The summed E-state index contributed by atoms with van der Waals surface area (Å²) in [5.41, 5.74) is 1.21. The number of guanidine groups is 1. The van der Waals surface area contributed by atoms with E-state index in [0.717, 1.165) is 24.8 Å². The Morgan fingerprint density at radius 3 is 2.85 bits per heavy atom. The zero-order valence-corrected chi connectivity index (χ0v) is 19.7. The van der Waals surface area contributed by atoms with Gasteiger partial charge < -0.3 is 20.3 Å². The van der Waals surface area contributed by atoms with Gasteiger partial charge in [-0.25, -0.2) is 4.99 Å². The highest BCUT2D eigenvalue weighted by Gasteiger charge is 2.21. The average molecular weight is 488 g/mol. The quantitative estimate of drug-likeness (QED) is 0.317. The van der Waals surface area contributed by atoms with Crippen molar-refractivity contribution in [2.45, 2.75) is 46.6 Å². The molecule has 6 heteroatoms. The maximum absolute atomic E-state index is 5.97. The van der Waals surface area contributed by atoms with Crippen molar-refractivity contribution in [3.8, 4) is 5.75 Å². The number of aliphatic imine (C=N–C) groups is 1. The Balaban J connectivity index is 0.00000364. The summed E-state index contributed by atoms with van der Waals surface area (Å²) < 4.78 is 5.97. The molecule has 1 heterocycles. The number of hydrogen-bond donors (Lipinski definition) is 2. The third kappa shape index (κ3) is 9.14. The molecule has 0 amide bonds. The Kier molecular flexibility index (Phi) is 11.7. The van der Waals surface area contributed by atoms with Gasteiger partial charge in [0.1, 0.15) is 11.9 Å². The maximum atomic E-state index is 5.97. The van der Waals surface area contributed by atoms with Crippen LogP contribution in [0.3, 0.4) is 0 Å². The molecule has 5 nitrogen and oxygen atoms in total. The number of benzene rings is 1. The van der Waals surface area contributed by atoms with Crippen LogP contribution in [0.2, 0.25) is 0 Å². The van der Waals surface area contributed by atoms with Crippen molar-refractivity contribution in [3.05, 3.63) is 29.8 Å². The van der Waals surface area contributed by atoms with E-state index in [2.05, 4.69) is 55.4 Å². The molecule has 0 radical (unpaired) electrons. The molecule has 2 atom stereocenters. The molecule has 0 aliphatic carbocycles. The Bertz CT molecular complexity index is 567. The molecule has 1 fully saturated rings. The van der Waals surface area contributed by atoms with Gasteiger partial charge in [0.2, 0.25) is 0 Å². The predicted octanol–water partition coefficient (Wildman–Crippen LogP) is 3.67. The second-order valence-electron chi connectivity index (χ2n) is 7.30. The van der Waals surface area contributed by atoms with Crippen LogP contribution in [0.15, 0.2) is 29.3 Å². The lowest BCUT2D eigenvalue weighted by atomic mass is 10.1. The highest BCUT2D eigenvalue weighted by molar-refractivity contribution is 14.0. The van der Waals surface area contributed by atoms with Gasteiger partial charge in [0, 0.05) is 19.6 Å². The van der Waals surface area contributed by atoms with Crippen LogP contribution >= 0.6 is 24.0 Å². The molecule has 0 spiro atoms. The van der Waals surface area contributed by atoms with E-state index in [1.54, 1.807) is 0 Å². The summed E-state index contributed by atoms with van der Waals surface area (Å²) in [5.74, 6) is 2.51. The topological polar surface area (TPSA) is 48.9 Å². The Labute approximate surface area is 182 Å². The number of aryl methyl sites for hydroxylation is 1. The van der Waals surface area contributed by atoms with Crippen molar-refractivity contribution < 1.29 is 4.74 Å². The molecule has 0 aromatic heterocycles. The highest BCUT2D eigenvalue weighted by Crippen LogP contribution is 2.15. The third-order valence-electron chi connectivity index (χ3n) is 4.65. The van der Waals surface area contributed by atoms with E-state index >= 15 is 0 Å². The van der Waals surface area contributed by atoms with E-state index in [-0.39, 0.29) is 30.1 Å². The second kappa shape index (κ2) is 13.2. The average Bonchev–Trinajstić information content (AvgIpc) is 3.05. The van der Waals surface area contributed by atoms with E-state index in [4.69, 9.17) is 9.73 Å². The predicted molar refractivity (Wildman–Crippen MR) is 126 cm³/mol. The molecule has 154 valence electrons. The van der Waals surface area contributed by atoms with Gasteiger partial charge in [-0.05, 0) is 70.3 Å². The standard InChI is InChI=1S/C21H36N4O.HI/c1-5-11-25-12-10-19(16-25)15-24-21(22-6-2)23-14-18(4)26-20-9-7-8-17(3)13-20;/h7-9,13,18-19H,5-6,10-12,14-16H2,1-4H3,(H2,22,23,24);1H. The fraction of sp³-hybridized carbons (Fsp3) is 0.667. The summed E-state index contributed by atoms with van der Waals surface area (Å²) in [7, 11) is 0. The molecule has 1 aliphatic heterocycles. The first-order valence-corrected chi connectivity index (χ1v) is 10.1. The summed E-state index contributed by atoms with van der Waals surface area (Å²) in [6, 6.07) is 8.16. The molecule has 2 rings (SSSR count). The van der Waals surface area contributed by atoms with Gasteiger partial charge in [-0.3, -0.25) is 0 Å². The van der Waals surface area contributed by atoms with Gasteiger partial charge in [-0.2, -0.15) is 0 Å². The first-order chi connectivity index (χ1) is 12.6. The molecule has 1 aromatic carbocycles. The van der Waals surface area contributed by atoms with Crippen molar-refractivity contribution >= 4 is 29.9 Å². The van der Waals surface area contributed by atoms with Gasteiger partial charge in [0.15, 0.2) is 5.96 Å². The summed E-state index contributed by atoms with van der Waals surface area (Å²) in [4.78, 5) is 7.27. The van der Waals surface area contributed by atoms with Gasteiger partial charge in [0.05, 0.1) is 6.54 Å². The number of hydrogen-bond acceptors (Lipinski definition) is 3. The molecule has 1 saturated heterocycles. The molecule has 1 aromatic rings. The maximum Gasteiger partial charge on any atom is 0.191 e. The Morgan fingerprint density at radius 2 is 2.15 bits per heavy atom. The van der Waals surface area contributed by atoms with Crippen LogP contribution in [0.4, 0.5) is 0 Å². The normalized spacial score (nSPS) is 18.7.